The first kappa shape index (κ1) is 34.0. The molecule has 3 aliphatic rings. The van der Waals surface area contributed by atoms with E-state index in [0.717, 1.165) is 0 Å². The maximum absolute atomic E-state index is 8.63. The molecule has 1 N–H and O–H groups in total. The number of hydrogen-bond donors (Lipinski definition) is 1. The molecule has 0 spiro atoms. The second-order valence-electron chi connectivity index (χ2n) is 11.9. The highest BCUT2D eigenvalue weighted by molar-refractivity contribution is 5.18. The predicted octanol–water partition coefficient (Wildman–Crippen LogP) is 13.1. The Labute approximate surface area is 233 Å². The SMILES string of the molecule is C1CCCCCCCCC1.C1CCCCCCCCC1.C1CCCCCCCCC1.Oc1ccccc1. The lowest BCUT2D eigenvalue weighted by molar-refractivity contribution is 0.475. The van der Waals surface area contributed by atoms with E-state index in [1.807, 2.05) is 6.07 Å². The van der Waals surface area contributed by atoms with E-state index < -0.39 is 0 Å². The number of phenols is 1. The third kappa shape index (κ3) is 27.9. The Morgan fingerprint density at radius 1 is 0.243 bits per heavy atom. The first-order valence-corrected chi connectivity index (χ1v) is 17.1. The van der Waals surface area contributed by atoms with E-state index in [4.69, 9.17) is 5.11 Å². The van der Waals surface area contributed by atoms with Crippen LogP contribution in [0.15, 0.2) is 30.3 Å². The molecule has 1 nitrogen and oxygen atoms in total. The standard InChI is InChI=1S/3C10H20.C6H6O/c3*1-2-4-6-8-10-9-7-5-3-1;7-6-4-2-1-3-5-6/h3*1-10H2;1-5,7H. The highest BCUT2D eigenvalue weighted by Crippen LogP contribution is 2.17. The number of hydrogen-bond acceptors (Lipinski definition) is 1. The summed E-state index contributed by atoms with van der Waals surface area (Å²) >= 11 is 0. The third-order valence-corrected chi connectivity index (χ3v) is 8.26. The lowest BCUT2D eigenvalue weighted by Gasteiger charge is -2.05. The molecular weight excluding hydrogens is 448 g/mol. The van der Waals surface area contributed by atoms with Gasteiger partial charge in [0, 0.05) is 0 Å². The molecule has 0 unspecified atom stereocenters. The molecule has 37 heavy (non-hydrogen) atoms. The predicted molar refractivity (Wildman–Crippen MR) is 167 cm³/mol. The largest absolute Gasteiger partial charge is 0.508 e. The summed E-state index contributed by atoms with van der Waals surface area (Å²) in [7, 11) is 0. The fourth-order valence-corrected chi connectivity index (χ4v) is 5.73. The fraction of sp³-hybridized carbons (Fsp3) is 0.833. The molecule has 4 rings (SSSR count). The van der Waals surface area contributed by atoms with E-state index in [2.05, 4.69) is 0 Å². The number of para-hydroxylation sites is 1. The molecule has 216 valence electrons. The van der Waals surface area contributed by atoms with Gasteiger partial charge in [-0.15, -0.1) is 0 Å². The van der Waals surface area contributed by atoms with E-state index in [9.17, 15) is 0 Å². The molecule has 0 saturated heterocycles. The van der Waals surface area contributed by atoms with Crippen LogP contribution in [0.2, 0.25) is 0 Å². The summed E-state index contributed by atoms with van der Waals surface area (Å²) < 4.78 is 0. The molecule has 0 bridgehead atoms. The number of phenolic OH excluding ortho intramolecular Hbond substituents is 1. The van der Waals surface area contributed by atoms with Crippen molar-refractivity contribution in [3.63, 3.8) is 0 Å². The van der Waals surface area contributed by atoms with Crippen molar-refractivity contribution in [2.24, 2.45) is 0 Å². The Kier molecular flexibility index (Phi) is 27.2. The summed E-state index contributed by atoms with van der Waals surface area (Å²) in [4.78, 5) is 0. The minimum absolute atomic E-state index is 0.322. The third-order valence-electron chi connectivity index (χ3n) is 8.26. The van der Waals surface area contributed by atoms with Crippen molar-refractivity contribution in [3.8, 4) is 5.75 Å². The lowest BCUT2D eigenvalue weighted by Crippen LogP contribution is -1.85. The van der Waals surface area contributed by atoms with E-state index in [-0.39, 0.29) is 0 Å². The lowest BCUT2D eigenvalue weighted by atomic mass is 10.0. The zero-order chi connectivity index (χ0) is 26.3. The molecule has 0 aromatic heterocycles. The van der Waals surface area contributed by atoms with E-state index in [0.29, 0.717) is 5.75 Å². The van der Waals surface area contributed by atoms with E-state index in [1.54, 1.807) is 24.3 Å². The molecule has 0 heterocycles. The van der Waals surface area contributed by atoms with Gasteiger partial charge in [-0.2, -0.15) is 0 Å². The fourth-order valence-electron chi connectivity index (χ4n) is 5.73. The summed E-state index contributed by atoms with van der Waals surface area (Å²) in [5, 5.41) is 8.63. The number of rotatable bonds is 0. The van der Waals surface area contributed by atoms with Crippen LogP contribution < -0.4 is 0 Å². The summed E-state index contributed by atoms with van der Waals surface area (Å²) in [6.45, 7) is 0. The summed E-state index contributed by atoms with van der Waals surface area (Å²) in [6, 6.07) is 8.71. The highest BCUT2D eigenvalue weighted by atomic mass is 16.3. The molecule has 0 atom stereocenters. The molecule has 1 heteroatoms. The van der Waals surface area contributed by atoms with Crippen molar-refractivity contribution in [2.75, 3.05) is 0 Å². The Bertz CT molecular complexity index is 378. The minimum atomic E-state index is 0.322. The normalized spacial score (nSPS) is 21.1. The molecule has 3 aliphatic carbocycles. The van der Waals surface area contributed by atoms with Gasteiger partial charge in [0.05, 0.1) is 0 Å². The Hall–Kier alpha value is -0.980. The molecule has 3 fully saturated rings. The van der Waals surface area contributed by atoms with Crippen LogP contribution in [0, 0.1) is 0 Å². The van der Waals surface area contributed by atoms with Crippen LogP contribution in [0.3, 0.4) is 0 Å². The van der Waals surface area contributed by atoms with Crippen LogP contribution in [0.5, 0.6) is 5.75 Å². The average molecular weight is 515 g/mol. The van der Waals surface area contributed by atoms with Crippen LogP contribution in [0.4, 0.5) is 0 Å². The Morgan fingerprint density at radius 2 is 0.378 bits per heavy atom. The second kappa shape index (κ2) is 29.6. The zero-order valence-electron chi connectivity index (χ0n) is 25.0. The molecule has 1 aromatic rings. The maximum atomic E-state index is 8.63. The Morgan fingerprint density at radius 3 is 0.459 bits per heavy atom. The average Bonchev–Trinajstić information content (AvgIpc) is 2.95. The van der Waals surface area contributed by atoms with E-state index >= 15 is 0 Å². The van der Waals surface area contributed by atoms with Gasteiger partial charge in [-0.1, -0.05) is 211 Å². The van der Waals surface area contributed by atoms with Gasteiger partial charge in [-0.3, -0.25) is 0 Å². The van der Waals surface area contributed by atoms with Gasteiger partial charge in [0.2, 0.25) is 0 Å². The van der Waals surface area contributed by atoms with Gasteiger partial charge in [0.25, 0.3) is 0 Å². The first-order chi connectivity index (χ1) is 18.4. The summed E-state index contributed by atoms with van der Waals surface area (Å²) in [5.41, 5.74) is 0. The molecular formula is C36H66O. The van der Waals surface area contributed by atoms with Gasteiger partial charge >= 0.3 is 0 Å². The second-order valence-corrected chi connectivity index (χ2v) is 11.9. The minimum Gasteiger partial charge on any atom is -0.508 e. The van der Waals surface area contributed by atoms with Crippen LogP contribution >= 0.6 is 0 Å². The van der Waals surface area contributed by atoms with Crippen molar-refractivity contribution in [2.45, 2.75) is 193 Å². The van der Waals surface area contributed by atoms with Crippen molar-refractivity contribution in [1.29, 1.82) is 0 Å². The Balaban J connectivity index is 0.000000249. The van der Waals surface area contributed by atoms with Crippen LogP contribution in [0.1, 0.15) is 193 Å². The van der Waals surface area contributed by atoms with Gasteiger partial charge in [0.1, 0.15) is 5.75 Å². The van der Waals surface area contributed by atoms with Gasteiger partial charge in [-0.05, 0) is 12.1 Å². The quantitative estimate of drug-likeness (QED) is 0.365. The number of aromatic hydroxyl groups is 1. The molecule has 1 aromatic carbocycles. The van der Waals surface area contributed by atoms with Crippen molar-refractivity contribution in [3.05, 3.63) is 30.3 Å². The topological polar surface area (TPSA) is 20.2 Å². The van der Waals surface area contributed by atoms with Crippen LogP contribution in [0.25, 0.3) is 0 Å². The maximum Gasteiger partial charge on any atom is 0.115 e. The number of benzene rings is 1. The highest BCUT2D eigenvalue weighted by Gasteiger charge is 1.97. The monoisotopic (exact) mass is 515 g/mol. The van der Waals surface area contributed by atoms with Crippen molar-refractivity contribution >= 4 is 0 Å². The molecule has 0 radical (unpaired) electrons. The van der Waals surface area contributed by atoms with Crippen LogP contribution in [-0.2, 0) is 0 Å². The van der Waals surface area contributed by atoms with Gasteiger partial charge < -0.3 is 5.11 Å². The molecule has 3 saturated carbocycles. The zero-order valence-corrected chi connectivity index (χ0v) is 25.0. The molecule has 0 amide bonds. The first-order valence-electron chi connectivity index (χ1n) is 17.1. The van der Waals surface area contributed by atoms with E-state index in [1.165, 1.54) is 193 Å². The van der Waals surface area contributed by atoms with Crippen molar-refractivity contribution < 1.29 is 5.11 Å². The molecule has 0 aliphatic heterocycles. The van der Waals surface area contributed by atoms with Crippen LogP contribution in [-0.4, -0.2) is 5.11 Å². The van der Waals surface area contributed by atoms with Gasteiger partial charge in [-0.25, -0.2) is 0 Å². The summed E-state index contributed by atoms with van der Waals surface area (Å²) in [5.74, 6) is 0.322. The van der Waals surface area contributed by atoms with Gasteiger partial charge in [0.15, 0.2) is 0 Å². The smallest absolute Gasteiger partial charge is 0.115 e. The van der Waals surface area contributed by atoms with Crippen molar-refractivity contribution in [1.82, 2.24) is 0 Å². The summed E-state index contributed by atoms with van der Waals surface area (Å²) in [6.07, 6.45) is 45.0.